The second-order valence-corrected chi connectivity index (χ2v) is 8.04. The average Bonchev–Trinajstić information content (AvgIpc) is 3.36. The van der Waals surface area contributed by atoms with Crippen LogP contribution in [0.25, 0.3) is 0 Å². The summed E-state index contributed by atoms with van der Waals surface area (Å²) in [6.07, 6.45) is 6.11. The first kappa shape index (κ1) is 18.0. The number of H-pyrrole nitrogens is 1. The van der Waals surface area contributed by atoms with Crippen molar-refractivity contribution in [3.8, 4) is 0 Å². The zero-order valence-corrected chi connectivity index (χ0v) is 16.2. The Labute approximate surface area is 159 Å². The van der Waals surface area contributed by atoms with E-state index in [0.717, 1.165) is 81.9 Å². The molecule has 2 aromatic heterocycles. The maximum absolute atomic E-state index is 10.4. The van der Waals surface area contributed by atoms with E-state index in [-0.39, 0.29) is 0 Å². The number of nitrogens with one attached hydrogen (secondary N) is 1. The maximum atomic E-state index is 10.4. The van der Waals surface area contributed by atoms with E-state index >= 15 is 0 Å². The Balaban J connectivity index is 1.44. The quantitative estimate of drug-likeness (QED) is 0.775. The summed E-state index contributed by atoms with van der Waals surface area (Å²) in [5.41, 5.74) is 3.02. The van der Waals surface area contributed by atoms with Crippen LogP contribution in [0.3, 0.4) is 0 Å². The van der Waals surface area contributed by atoms with Gasteiger partial charge < -0.3 is 10.1 Å². The zero-order chi connectivity index (χ0) is 18.1. The number of unbranched alkanes of at least 4 members (excludes halogenated alkanes) is 1. The fourth-order valence-corrected chi connectivity index (χ4v) is 3.92. The van der Waals surface area contributed by atoms with Crippen LogP contribution in [-0.4, -0.2) is 36.3 Å². The van der Waals surface area contributed by atoms with E-state index in [1.165, 1.54) is 5.69 Å². The molecule has 0 bridgehead atoms. The van der Waals surface area contributed by atoms with Crippen molar-refractivity contribution in [3.63, 3.8) is 0 Å². The minimum Gasteiger partial charge on any atom is -0.386 e. The molecule has 2 N–H and O–H groups in total. The first-order valence-electron chi connectivity index (χ1n) is 9.84. The van der Waals surface area contributed by atoms with Crippen molar-refractivity contribution in [1.82, 2.24) is 24.6 Å². The third-order valence-corrected chi connectivity index (χ3v) is 5.72. The molecule has 1 fully saturated rings. The minimum atomic E-state index is -0.397. The highest BCUT2D eigenvalue weighted by Crippen LogP contribution is 2.40. The fourth-order valence-electron chi connectivity index (χ4n) is 3.71. The predicted octanol–water partition coefficient (Wildman–Crippen LogP) is 3.45. The summed E-state index contributed by atoms with van der Waals surface area (Å²) in [5, 5.41) is 15.6. The molecule has 0 spiro atoms. The third-order valence-electron chi connectivity index (χ3n) is 5.41. The van der Waals surface area contributed by atoms with Crippen molar-refractivity contribution < 1.29 is 5.11 Å². The van der Waals surface area contributed by atoms with Crippen molar-refractivity contribution in [2.45, 2.75) is 71.2 Å². The normalized spacial score (nSPS) is 19.3. The first-order chi connectivity index (χ1) is 12.6. The summed E-state index contributed by atoms with van der Waals surface area (Å²) >= 11 is 6.35. The van der Waals surface area contributed by atoms with Crippen molar-refractivity contribution in [2.24, 2.45) is 5.92 Å². The van der Waals surface area contributed by atoms with Crippen molar-refractivity contribution in [2.75, 3.05) is 6.54 Å². The highest BCUT2D eigenvalue weighted by molar-refractivity contribution is 6.30. The van der Waals surface area contributed by atoms with Crippen molar-refractivity contribution in [3.05, 3.63) is 34.1 Å². The van der Waals surface area contributed by atoms with Gasteiger partial charge in [-0.2, -0.15) is 5.10 Å². The molecule has 26 heavy (non-hydrogen) atoms. The number of nitrogens with zero attached hydrogens (tertiary/aromatic N) is 4. The number of aliphatic hydroxyl groups is 1. The van der Waals surface area contributed by atoms with Crippen LogP contribution in [0.4, 0.5) is 0 Å². The topological polar surface area (TPSA) is 70.0 Å². The van der Waals surface area contributed by atoms with Crippen LogP contribution >= 0.6 is 11.6 Å². The Kier molecular flexibility index (Phi) is 5.34. The molecule has 1 aliphatic heterocycles. The molecule has 1 saturated carbocycles. The molecule has 0 amide bonds. The number of aryl methyl sites for hydroxylation is 2. The van der Waals surface area contributed by atoms with Crippen molar-refractivity contribution in [1.29, 1.82) is 0 Å². The number of aromatic nitrogens is 4. The van der Waals surface area contributed by atoms with Gasteiger partial charge in [0.2, 0.25) is 0 Å². The lowest BCUT2D eigenvalue weighted by Gasteiger charge is -2.18. The summed E-state index contributed by atoms with van der Waals surface area (Å²) < 4.78 is 2.07. The van der Waals surface area contributed by atoms with E-state index in [4.69, 9.17) is 11.6 Å². The summed E-state index contributed by atoms with van der Waals surface area (Å²) in [6.45, 7) is 5.68. The van der Waals surface area contributed by atoms with Gasteiger partial charge >= 0.3 is 0 Å². The molecule has 0 aromatic carbocycles. The van der Waals surface area contributed by atoms with Gasteiger partial charge in [-0.1, -0.05) is 24.9 Å². The summed E-state index contributed by atoms with van der Waals surface area (Å²) in [6, 6.07) is 2.09. The lowest BCUT2D eigenvalue weighted by Crippen LogP contribution is -2.23. The second-order valence-electron chi connectivity index (χ2n) is 7.69. The Morgan fingerprint density at radius 1 is 1.38 bits per heavy atom. The summed E-state index contributed by atoms with van der Waals surface area (Å²) in [4.78, 5) is 10.3. The van der Waals surface area contributed by atoms with Gasteiger partial charge in [0.15, 0.2) is 5.15 Å². The Hall–Kier alpha value is -1.37. The molecule has 1 unspecified atom stereocenters. The third kappa shape index (κ3) is 3.97. The molecule has 4 rings (SSSR count). The van der Waals surface area contributed by atoms with E-state index in [9.17, 15) is 5.11 Å². The van der Waals surface area contributed by atoms with Gasteiger partial charge in [-0.25, -0.2) is 4.98 Å². The molecule has 6 nitrogen and oxygen atoms in total. The number of aliphatic hydroxyl groups excluding tert-OH is 1. The number of hydrogen-bond donors (Lipinski definition) is 2. The summed E-state index contributed by atoms with van der Waals surface area (Å²) in [5.74, 6) is 1.40. The highest BCUT2D eigenvalue weighted by Gasteiger charge is 2.33. The van der Waals surface area contributed by atoms with Crippen LogP contribution in [0.5, 0.6) is 0 Å². The van der Waals surface area contributed by atoms with Crippen LogP contribution in [-0.2, 0) is 26.1 Å². The van der Waals surface area contributed by atoms with E-state index in [1.807, 2.05) is 0 Å². The molecule has 1 atom stereocenters. The highest BCUT2D eigenvalue weighted by atomic mass is 35.5. The molecular weight excluding hydrogens is 350 g/mol. The molecule has 2 aliphatic rings. The maximum Gasteiger partial charge on any atom is 0.151 e. The SMILES string of the molecule is CCCCc1nc(Cl)c(CN2CCCn3nc(C(O)C4CC4)cc3C2)[nH]1. The number of fused-ring (bicyclic) bond motifs is 1. The zero-order valence-electron chi connectivity index (χ0n) is 15.4. The monoisotopic (exact) mass is 377 g/mol. The van der Waals surface area contributed by atoms with Gasteiger partial charge in [-0.05, 0) is 37.7 Å². The van der Waals surface area contributed by atoms with Crippen LogP contribution in [0.15, 0.2) is 6.07 Å². The number of halogens is 1. The Bertz CT molecular complexity index is 751. The number of aromatic amines is 1. The van der Waals surface area contributed by atoms with E-state index in [1.54, 1.807) is 0 Å². The van der Waals surface area contributed by atoms with Crippen LogP contribution in [0.1, 0.15) is 68.0 Å². The van der Waals surface area contributed by atoms with Gasteiger partial charge in [0.1, 0.15) is 11.9 Å². The number of imidazole rings is 1. The molecule has 7 heteroatoms. The van der Waals surface area contributed by atoms with E-state index in [0.29, 0.717) is 11.1 Å². The number of hydrogen-bond acceptors (Lipinski definition) is 4. The molecular formula is C19H28ClN5O. The lowest BCUT2D eigenvalue weighted by molar-refractivity contribution is 0.148. The van der Waals surface area contributed by atoms with Crippen LogP contribution in [0, 0.1) is 5.92 Å². The largest absolute Gasteiger partial charge is 0.386 e. The van der Waals surface area contributed by atoms with E-state index in [2.05, 4.69) is 37.6 Å². The van der Waals surface area contributed by atoms with Gasteiger partial charge in [0.05, 0.1) is 17.1 Å². The minimum absolute atomic E-state index is 0.397. The number of rotatable bonds is 7. The van der Waals surface area contributed by atoms with Crippen molar-refractivity contribution >= 4 is 11.6 Å². The van der Waals surface area contributed by atoms with E-state index < -0.39 is 6.10 Å². The second kappa shape index (κ2) is 7.71. The van der Waals surface area contributed by atoms with Gasteiger partial charge in [-0.3, -0.25) is 9.58 Å². The predicted molar refractivity (Wildman–Crippen MR) is 101 cm³/mol. The van der Waals surface area contributed by atoms with Crippen LogP contribution < -0.4 is 0 Å². The average molecular weight is 378 g/mol. The smallest absolute Gasteiger partial charge is 0.151 e. The lowest BCUT2D eigenvalue weighted by atomic mass is 10.1. The Morgan fingerprint density at radius 2 is 2.23 bits per heavy atom. The first-order valence-corrected chi connectivity index (χ1v) is 10.2. The molecule has 0 saturated heterocycles. The van der Waals surface area contributed by atoms with Gasteiger partial charge in [0, 0.05) is 32.6 Å². The van der Waals surface area contributed by atoms with Crippen LogP contribution in [0.2, 0.25) is 5.15 Å². The van der Waals surface area contributed by atoms with Gasteiger partial charge in [0.25, 0.3) is 0 Å². The van der Waals surface area contributed by atoms with Gasteiger partial charge in [-0.15, -0.1) is 0 Å². The molecule has 1 aliphatic carbocycles. The molecule has 3 heterocycles. The fraction of sp³-hybridized carbons (Fsp3) is 0.684. The molecule has 142 valence electrons. The summed E-state index contributed by atoms with van der Waals surface area (Å²) in [7, 11) is 0. The standard InChI is InChI=1S/C19H28ClN5O/c1-2-3-5-17-21-16(19(20)22-17)12-24-8-4-9-25-14(11-24)10-15(23-25)18(26)13-6-7-13/h10,13,18,26H,2-9,11-12H2,1H3,(H,21,22). The molecule has 0 radical (unpaired) electrons. The molecule has 2 aromatic rings. The Morgan fingerprint density at radius 3 is 3.00 bits per heavy atom.